The SMILES string of the molecule is COc1ccc(C=NNC(=O)c2nnn(-c3nonc3N)c2CNc2ccccc2)cc1COc1ccc([N+](=O)[O-])c(C)c1. The number of carbonyl (C=O) groups excluding carboxylic acids is 1. The third kappa shape index (κ3) is 6.59. The highest BCUT2D eigenvalue weighted by molar-refractivity contribution is 5.94. The maximum atomic E-state index is 13.1. The molecule has 0 unspecified atom stereocenters. The summed E-state index contributed by atoms with van der Waals surface area (Å²) < 4.78 is 17.2. The van der Waals surface area contributed by atoms with Gasteiger partial charge in [-0.3, -0.25) is 14.9 Å². The van der Waals surface area contributed by atoms with Crippen LogP contribution in [0.5, 0.6) is 11.5 Å². The number of nitro benzene ring substituents is 1. The molecule has 0 aliphatic rings. The predicted octanol–water partition coefficient (Wildman–Crippen LogP) is 3.41. The number of nitrogens with two attached hydrogens (primary N) is 1. The number of methoxy groups -OCH3 is 1. The van der Waals surface area contributed by atoms with E-state index < -0.39 is 10.8 Å². The van der Waals surface area contributed by atoms with E-state index in [0.29, 0.717) is 33.9 Å². The molecule has 0 fully saturated rings. The molecule has 16 heteroatoms. The lowest BCUT2D eigenvalue weighted by molar-refractivity contribution is -0.385. The van der Waals surface area contributed by atoms with Crippen molar-refractivity contribution >= 4 is 29.3 Å². The first-order valence-electron chi connectivity index (χ1n) is 13.0. The van der Waals surface area contributed by atoms with Gasteiger partial charge in [-0.25, -0.2) is 10.1 Å². The Kier molecular flexibility index (Phi) is 8.70. The fraction of sp³-hybridized carbons (Fsp3) is 0.143. The molecule has 1 amide bonds. The van der Waals surface area contributed by atoms with E-state index in [1.165, 1.54) is 30.1 Å². The minimum absolute atomic E-state index is 0.0107. The topological polar surface area (TPSA) is 211 Å². The van der Waals surface area contributed by atoms with Crippen molar-refractivity contribution in [1.82, 2.24) is 30.7 Å². The molecule has 0 saturated carbocycles. The molecule has 16 nitrogen and oxygen atoms in total. The number of para-hydroxylation sites is 1. The van der Waals surface area contributed by atoms with Gasteiger partial charge in [0.2, 0.25) is 11.6 Å². The summed E-state index contributed by atoms with van der Waals surface area (Å²) in [6.07, 6.45) is 1.45. The maximum Gasteiger partial charge on any atom is 0.293 e. The normalized spacial score (nSPS) is 11.0. The average molecular weight is 599 g/mol. The lowest BCUT2D eigenvalue weighted by Crippen LogP contribution is -2.21. The Bertz CT molecular complexity index is 1820. The number of rotatable bonds is 12. The van der Waals surface area contributed by atoms with Crippen LogP contribution in [-0.2, 0) is 13.2 Å². The molecular weight excluding hydrogens is 572 g/mol. The van der Waals surface area contributed by atoms with Crippen molar-refractivity contribution in [2.75, 3.05) is 18.2 Å². The molecule has 0 bridgehead atoms. The van der Waals surface area contributed by atoms with Gasteiger partial charge in [-0.15, -0.1) is 5.10 Å². The number of hydrogen-bond acceptors (Lipinski definition) is 13. The van der Waals surface area contributed by atoms with Crippen molar-refractivity contribution in [3.8, 4) is 17.3 Å². The molecule has 0 aliphatic heterocycles. The van der Waals surface area contributed by atoms with Crippen LogP contribution < -0.4 is 25.9 Å². The van der Waals surface area contributed by atoms with Gasteiger partial charge in [-0.1, -0.05) is 23.4 Å². The molecule has 0 spiro atoms. The Morgan fingerprint density at radius 3 is 2.68 bits per heavy atom. The summed E-state index contributed by atoms with van der Waals surface area (Å²) in [6.45, 7) is 1.91. The number of hydrazone groups is 1. The average Bonchev–Trinajstić information content (AvgIpc) is 3.64. The van der Waals surface area contributed by atoms with Crippen LogP contribution in [-0.4, -0.2) is 49.5 Å². The summed E-state index contributed by atoms with van der Waals surface area (Å²) in [7, 11) is 1.53. The number of benzene rings is 3. The van der Waals surface area contributed by atoms with Crippen LogP contribution >= 0.6 is 0 Å². The summed E-state index contributed by atoms with van der Waals surface area (Å²) in [4.78, 5) is 23.8. The van der Waals surface area contributed by atoms with Crippen LogP contribution in [0.2, 0.25) is 0 Å². The van der Waals surface area contributed by atoms with Gasteiger partial charge < -0.3 is 20.5 Å². The molecule has 224 valence electrons. The fourth-order valence-electron chi connectivity index (χ4n) is 4.18. The Labute approximate surface area is 249 Å². The van der Waals surface area contributed by atoms with Gasteiger partial charge in [0.25, 0.3) is 11.6 Å². The molecule has 0 atom stereocenters. The summed E-state index contributed by atoms with van der Waals surface area (Å²) in [6, 6.07) is 19.1. The highest BCUT2D eigenvalue weighted by Crippen LogP contribution is 2.26. The zero-order valence-corrected chi connectivity index (χ0v) is 23.5. The third-order valence-corrected chi connectivity index (χ3v) is 6.35. The van der Waals surface area contributed by atoms with Crippen molar-refractivity contribution < 1.29 is 23.8 Å². The first-order valence-corrected chi connectivity index (χ1v) is 13.0. The second-order valence-corrected chi connectivity index (χ2v) is 9.25. The summed E-state index contributed by atoms with van der Waals surface area (Å²) >= 11 is 0. The highest BCUT2D eigenvalue weighted by atomic mass is 16.6. The third-order valence-electron chi connectivity index (χ3n) is 6.35. The molecular formula is C28H26N10O6. The van der Waals surface area contributed by atoms with Crippen LogP contribution in [0.1, 0.15) is 32.9 Å². The standard InChI is InChI=1S/C28H26N10O6/c1-17-12-21(9-10-22(17)38(40)41)43-16-19-13-18(8-11-24(19)42-2)14-31-33-28(39)25-23(15-30-20-6-4-3-5-7-20)37(36-32-25)27-26(29)34-44-35-27/h3-14,30H,15-16H2,1-2H3,(H2,29,34)(H,33,39). The number of nitro groups is 1. The van der Waals surface area contributed by atoms with Gasteiger partial charge in [0, 0.05) is 22.9 Å². The van der Waals surface area contributed by atoms with E-state index in [-0.39, 0.29) is 36.2 Å². The van der Waals surface area contributed by atoms with Gasteiger partial charge in [0.05, 0.1) is 30.5 Å². The Hall–Kier alpha value is -6.32. The van der Waals surface area contributed by atoms with Crippen molar-refractivity contribution in [2.24, 2.45) is 5.10 Å². The number of nitrogens with zero attached hydrogens (tertiary/aromatic N) is 7. The first kappa shape index (κ1) is 29.2. The van der Waals surface area contributed by atoms with Crippen LogP contribution in [0.3, 0.4) is 0 Å². The van der Waals surface area contributed by atoms with E-state index in [4.69, 9.17) is 15.2 Å². The Balaban J connectivity index is 1.30. The number of amides is 1. The van der Waals surface area contributed by atoms with Gasteiger partial charge >= 0.3 is 0 Å². The highest BCUT2D eigenvalue weighted by Gasteiger charge is 2.24. The molecule has 3 aromatic carbocycles. The smallest absolute Gasteiger partial charge is 0.293 e. The molecule has 4 N–H and O–H groups in total. The van der Waals surface area contributed by atoms with Crippen LogP contribution in [0.4, 0.5) is 17.2 Å². The number of anilines is 2. The second-order valence-electron chi connectivity index (χ2n) is 9.25. The summed E-state index contributed by atoms with van der Waals surface area (Å²) in [5.74, 6) is 0.470. The second kappa shape index (κ2) is 13.1. The van der Waals surface area contributed by atoms with Gasteiger partial charge in [0.15, 0.2) is 5.69 Å². The number of nitrogen functional groups attached to an aromatic ring is 1. The Morgan fingerprint density at radius 2 is 1.98 bits per heavy atom. The molecule has 0 saturated heterocycles. The Morgan fingerprint density at radius 1 is 1.16 bits per heavy atom. The van der Waals surface area contributed by atoms with Crippen molar-refractivity contribution in [3.05, 3.63) is 105 Å². The van der Waals surface area contributed by atoms with E-state index in [1.54, 1.807) is 31.2 Å². The predicted molar refractivity (Wildman–Crippen MR) is 158 cm³/mol. The van der Waals surface area contributed by atoms with E-state index in [2.05, 4.69) is 41.1 Å². The first-order chi connectivity index (χ1) is 21.3. The summed E-state index contributed by atoms with van der Waals surface area (Å²) in [5.41, 5.74) is 11.3. The quantitative estimate of drug-likeness (QED) is 0.107. The largest absolute Gasteiger partial charge is 0.496 e. The minimum Gasteiger partial charge on any atom is -0.496 e. The van der Waals surface area contributed by atoms with Crippen molar-refractivity contribution in [1.29, 1.82) is 0 Å². The number of aromatic nitrogens is 5. The lowest BCUT2D eigenvalue weighted by atomic mass is 10.1. The number of hydrogen-bond donors (Lipinski definition) is 3. The number of carbonyl (C=O) groups is 1. The molecule has 2 aromatic heterocycles. The van der Waals surface area contributed by atoms with E-state index in [1.807, 2.05) is 30.3 Å². The minimum atomic E-state index is -0.627. The van der Waals surface area contributed by atoms with Crippen LogP contribution in [0.25, 0.3) is 5.82 Å². The zero-order chi connectivity index (χ0) is 31.1. The van der Waals surface area contributed by atoms with E-state index in [0.717, 1.165) is 5.69 Å². The number of ether oxygens (including phenoxy) is 2. The van der Waals surface area contributed by atoms with E-state index in [9.17, 15) is 14.9 Å². The van der Waals surface area contributed by atoms with Gasteiger partial charge in [-0.05, 0) is 65.3 Å². The molecule has 44 heavy (non-hydrogen) atoms. The van der Waals surface area contributed by atoms with Crippen molar-refractivity contribution in [3.63, 3.8) is 0 Å². The molecule has 0 aliphatic carbocycles. The van der Waals surface area contributed by atoms with Crippen molar-refractivity contribution in [2.45, 2.75) is 20.1 Å². The lowest BCUT2D eigenvalue weighted by Gasteiger charge is -2.11. The zero-order valence-electron chi connectivity index (χ0n) is 23.5. The van der Waals surface area contributed by atoms with Crippen LogP contribution in [0.15, 0.2) is 76.5 Å². The maximum absolute atomic E-state index is 13.1. The number of aryl methyl sites for hydroxylation is 1. The van der Waals surface area contributed by atoms with E-state index >= 15 is 0 Å². The molecule has 5 rings (SSSR count). The molecule has 0 radical (unpaired) electrons. The van der Waals surface area contributed by atoms with Crippen LogP contribution in [0, 0.1) is 17.0 Å². The fourth-order valence-corrected chi connectivity index (χ4v) is 4.18. The molecule has 2 heterocycles. The van der Waals surface area contributed by atoms with Gasteiger partial charge in [0.1, 0.15) is 18.1 Å². The summed E-state index contributed by atoms with van der Waals surface area (Å²) in [5, 5.41) is 33.7. The number of nitrogens with one attached hydrogen (secondary N) is 2. The van der Waals surface area contributed by atoms with Gasteiger partial charge in [-0.2, -0.15) is 9.78 Å². The monoisotopic (exact) mass is 598 g/mol. The molecule has 5 aromatic rings.